The largest absolute Gasteiger partial charge is 0.440 e. The molecule has 0 aliphatic heterocycles. The van der Waals surface area contributed by atoms with E-state index in [-0.39, 0.29) is 0 Å². The molecular weight excluding hydrogens is 402 g/mol. The van der Waals surface area contributed by atoms with E-state index in [1.54, 1.807) is 11.1 Å². The molecule has 3 aromatic rings. The maximum absolute atomic E-state index is 5.99. The molecule has 5 heteroatoms. The van der Waals surface area contributed by atoms with Gasteiger partial charge in [0.15, 0.2) is 11.7 Å². The Kier molecular flexibility index (Phi) is 3.99. The van der Waals surface area contributed by atoms with Gasteiger partial charge in [-0.15, -0.1) is 11.3 Å². The number of nitrogens with one attached hydrogen (secondary N) is 1. The Morgan fingerprint density at radius 3 is 2.77 bits per heavy atom. The number of rotatable bonds is 7. The number of oxazole rings is 1. The van der Waals surface area contributed by atoms with Crippen LogP contribution in [0, 0.1) is 5.41 Å². The van der Waals surface area contributed by atoms with Crippen molar-refractivity contribution in [1.82, 2.24) is 9.97 Å². The van der Waals surface area contributed by atoms with Crippen LogP contribution in [0.3, 0.4) is 0 Å². The third kappa shape index (κ3) is 3.34. The van der Waals surface area contributed by atoms with Crippen LogP contribution in [0.15, 0.2) is 45.8 Å². The van der Waals surface area contributed by atoms with Crippen LogP contribution < -0.4 is 5.32 Å². The smallest absolute Gasteiger partial charge is 0.198 e. The van der Waals surface area contributed by atoms with Gasteiger partial charge in [0, 0.05) is 35.0 Å². The van der Waals surface area contributed by atoms with E-state index in [1.165, 1.54) is 67.8 Å². The monoisotopic (exact) mass is 429 g/mol. The van der Waals surface area contributed by atoms with E-state index in [4.69, 9.17) is 9.40 Å². The first-order valence-corrected chi connectivity index (χ1v) is 12.6. The molecule has 2 aromatic heterocycles. The maximum Gasteiger partial charge on any atom is 0.198 e. The zero-order valence-electron chi connectivity index (χ0n) is 17.7. The molecule has 4 nitrogen and oxygen atoms in total. The summed E-state index contributed by atoms with van der Waals surface area (Å²) in [4.78, 5) is 9.44. The minimum absolute atomic E-state index is 0.427. The van der Waals surface area contributed by atoms with Crippen LogP contribution in [0.1, 0.15) is 79.8 Å². The predicted octanol–water partition coefficient (Wildman–Crippen LogP) is 6.99. The van der Waals surface area contributed by atoms with Crippen LogP contribution >= 0.6 is 11.3 Å². The van der Waals surface area contributed by atoms with E-state index < -0.39 is 0 Å². The Hall–Kier alpha value is -2.40. The summed E-state index contributed by atoms with van der Waals surface area (Å²) in [5.41, 5.74) is 7.29. The molecule has 0 amide bonds. The summed E-state index contributed by atoms with van der Waals surface area (Å²) in [5, 5.41) is 7.34. The highest BCUT2D eigenvalue weighted by atomic mass is 32.1. The Morgan fingerprint density at radius 1 is 1.13 bits per heavy atom. The molecule has 2 bridgehead atoms. The molecule has 0 atom stereocenters. The fraction of sp³-hybridized carbons (Fsp3) is 0.462. The second kappa shape index (κ2) is 6.80. The summed E-state index contributed by atoms with van der Waals surface area (Å²) < 4.78 is 5.99. The number of hydrogen-bond donors (Lipinski definition) is 1. The normalized spacial score (nSPS) is 21.8. The highest BCUT2D eigenvalue weighted by Gasteiger charge is 2.45. The zero-order chi connectivity index (χ0) is 20.4. The number of anilines is 1. The highest BCUT2D eigenvalue weighted by Crippen LogP contribution is 2.57. The summed E-state index contributed by atoms with van der Waals surface area (Å²) in [6.07, 6.45) is 11.9. The molecule has 3 fully saturated rings. The number of aromatic nitrogens is 2. The second-order valence-electron chi connectivity index (χ2n) is 10.1. The predicted molar refractivity (Wildman–Crippen MR) is 124 cm³/mol. The molecule has 0 radical (unpaired) electrons. The van der Waals surface area contributed by atoms with Crippen molar-refractivity contribution < 1.29 is 4.42 Å². The topological polar surface area (TPSA) is 51.0 Å². The van der Waals surface area contributed by atoms with Gasteiger partial charge in [-0.1, -0.05) is 17.7 Å². The summed E-state index contributed by atoms with van der Waals surface area (Å²) in [5.74, 6) is 3.10. The highest BCUT2D eigenvalue weighted by molar-refractivity contribution is 7.10. The number of nitrogens with zero attached hydrogens (tertiary/aromatic N) is 2. The van der Waals surface area contributed by atoms with Crippen LogP contribution in [0.2, 0.25) is 0 Å². The molecule has 0 saturated heterocycles. The molecule has 0 unspecified atom stereocenters. The van der Waals surface area contributed by atoms with Crippen molar-refractivity contribution in [2.45, 2.75) is 63.2 Å². The standard InChI is InChI=1S/C26H27N3OS/c1-2-18(23-13-27-24(30-23)17-6-7-17)10-20(3-1)28-15-26-9-8-21(19(11-26)12-26)25-29-22(14-31-25)16-4-5-16/h1-3,10,13-14,16-17,28H,4-9,11-12,15H2. The fourth-order valence-electron chi connectivity index (χ4n) is 5.29. The van der Waals surface area contributed by atoms with E-state index in [9.17, 15) is 0 Å². The Labute approximate surface area is 186 Å². The zero-order valence-corrected chi connectivity index (χ0v) is 18.5. The average molecular weight is 430 g/mol. The van der Waals surface area contributed by atoms with Gasteiger partial charge in [0.25, 0.3) is 0 Å². The average Bonchev–Trinajstić information content (AvgIpc) is 3.72. The van der Waals surface area contributed by atoms with Crippen molar-refractivity contribution in [1.29, 1.82) is 0 Å². The van der Waals surface area contributed by atoms with Crippen LogP contribution in [0.5, 0.6) is 0 Å². The van der Waals surface area contributed by atoms with Gasteiger partial charge >= 0.3 is 0 Å². The van der Waals surface area contributed by atoms with Crippen LogP contribution in [-0.4, -0.2) is 16.5 Å². The Bertz CT molecular complexity index is 1170. The lowest BCUT2D eigenvalue weighted by molar-refractivity contribution is 0.193. The van der Waals surface area contributed by atoms with E-state index in [1.807, 2.05) is 17.5 Å². The third-order valence-corrected chi connectivity index (χ3v) is 8.47. The SMILES string of the molecule is c1cc(NCC23CCC(c4nc(C5CC5)cs4)=C(C2)C3)cc(-c2cnc(C3CC3)o2)c1. The second-order valence-corrected chi connectivity index (χ2v) is 10.9. The van der Waals surface area contributed by atoms with Gasteiger partial charge in [-0.3, -0.25) is 0 Å². The van der Waals surface area contributed by atoms with Crippen LogP contribution in [0.4, 0.5) is 5.69 Å². The van der Waals surface area contributed by atoms with Crippen LogP contribution in [0.25, 0.3) is 16.9 Å². The van der Waals surface area contributed by atoms with Gasteiger partial charge in [-0.2, -0.15) is 0 Å². The van der Waals surface area contributed by atoms with Crippen molar-refractivity contribution >= 4 is 22.6 Å². The lowest BCUT2D eigenvalue weighted by atomic mass is 9.57. The first kappa shape index (κ1) is 18.2. The molecule has 1 aromatic carbocycles. The fourth-order valence-corrected chi connectivity index (χ4v) is 6.31. The summed E-state index contributed by atoms with van der Waals surface area (Å²) >= 11 is 1.87. The summed E-state index contributed by atoms with van der Waals surface area (Å²) in [7, 11) is 0. The van der Waals surface area contributed by atoms with E-state index in [0.29, 0.717) is 11.3 Å². The first-order chi connectivity index (χ1) is 15.2. The van der Waals surface area contributed by atoms with Gasteiger partial charge < -0.3 is 9.73 Å². The molecule has 2 heterocycles. The molecule has 158 valence electrons. The lowest BCUT2D eigenvalue weighted by Gasteiger charge is -2.49. The number of fused-ring (bicyclic) bond motifs is 2. The molecule has 8 rings (SSSR count). The molecule has 3 saturated carbocycles. The number of allylic oxidation sites excluding steroid dienone is 2. The van der Waals surface area contributed by atoms with Crippen molar-refractivity contribution in [3.63, 3.8) is 0 Å². The third-order valence-electron chi connectivity index (χ3n) is 7.55. The maximum atomic E-state index is 5.99. The van der Waals surface area contributed by atoms with Crippen molar-refractivity contribution in [2.24, 2.45) is 5.41 Å². The molecule has 0 spiro atoms. The quantitative estimate of drug-likeness (QED) is 0.440. The molecule has 1 N–H and O–H groups in total. The van der Waals surface area contributed by atoms with E-state index in [2.05, 4.69) is 39.9 Å². The van der Waals surface area contributed by atoms with Crippen LogP contribution in [-0.2, 0) is 0 Å². The lowest BCUT2D eigenvalue weighted by Crippen LogP contribution is -2.41. The Balaban J connectivity index is 1.02. The van der Waals surface area contributed by atoms with Crippen molar-refractivity contribution in [3.05, 3.63) is 58.0 Å². The minimum Gasteiger partial charge on any atom is -0.440 e. The molecule has 5 aliphatic carbocycles. The minimum atomic E-state index is 0.427. The van der Waals surface area contributed by atoms with E-state index in [0.717, 1.165) is 29.7 Å². The van der Waals surface area contributed by atoms with Gasteiger partial charge in [0.1, 0.15) is 5.01 Å². The van der Waals surface area contributed by atoms with Gasteiger partial charge in [-0.25, -0.2) is 9.97 Å². The van der Waals surface area contributed by atoms with E-state index >= 15 is 0 Å². The first-order valence-electron chi connectivity index (χ1n) is 11.7. The number of hydrogen-bond acceptors (Lipinski definition) is 5. The molecule has 5 aliphatic rings. The Morgan fingerprint density at radius 2 is 2.00 bits per heavy atom. The summed E-state index contributed by atoms with van der Waals surface area (Å²) in [6, 6.07) is 8.59. The molecular formula is C26H27N3OS. The summed E-state index contributed by atoms with van der Waals surface area (Å²) in [6.45, 7) is 1.04. The number of thiazole rings is 1. The van der Waals surface area contributed by atoms with Crippen molar-refractivity contribution in [3.8, 4) is 11.3 Å². The number of benzene rings is 1. The van der Waals surface area contributed by atoms with Gasteiger partial charge in [-0.05, 0) is 74.5 Å². The van der Waals surface area contributed by atoms with Gasteiger partial charge in [0.05, 0.1) is 11.9 Å². The van der Waals surface area contributed by atoms with Gasteiger partial charge in [0.2, 0.25) is 0 Å². The molecule has 31 heavy (non-hydrogen) atoms. The van der Waals surface area contributed by atoms with Crippen molar-refractivity contribution in [2.75, 3.05) is 11.9 Å².